The minimum Gasteiger partial charge on any atom is -0.399 e. The molecule has 3 nitrogen and oxygen atoms in total. The number of aryl methyl sites for hydroxylation is 2. The molecule has 0 fully saturated rings. The number of nitrogens with two attached hydrogens (primary N) is 1. The largest absolute Gasteiger partial charge is 0.399 e. The van der Waals surface area contributed by atoms with Crippen LogP contribution in [0.3, 0.4) is 0 Å². The van der Waals surface area contributed by atoms with Crippen LogP contribution < -0.4 is 5.73 Å². The van der Waals surface area contributed by atoms with Crippen molar-refractivity contribution in [1.82, 2.24) is 9.55 Å². The second-order valence-corrected chi connectivity index (χ2v) is 5.29. The molecule has 0 atom stereocenters. The third-order valence-electron chi connectivity index (χ3n) is 2.46. The summed E-state index contributed by atoms with van der Waals surface area (Å²) in [5.41, 5.74) is 6.34. The van der Waals surface area contributed by atoms with E-state index in [9.17, 15) is 0 Å². The van der Waals surface area contributed by atoms with Crippen LogP contribution in [-0.4, -0.2) is 15.3 Å². The van der Waals surface area contributed by atoms with Gasteiger partial charge in [0, 0.05) is 42.2 Å². The maximum absolute atomic E-state index is 6.10. The van der Waals surface area contributed by atoms with Crippen LogP contribution in [0.1, 0.15) is 5.82 Å². The Labute approximate surface area is 110 Å². The van der Waals surface area contributed by atoms with E-state index in [1.807, 2.05) is 36.1 Å². The monoisotopic (exact) mass is 267 g/mol. The van der Waals surface area contributed by atoms with Gasteiger partial charge in [0.2, 0.25) is 0 Å². The summed E-state index contributed by atoms with van der Waals surface area (Å²) in [4.78, 5) is 5.35. The van der Waals surface area contributed by atoms with Gasteiger partial charge in [-0.05, 0) is 18.2 Å². The molecule has 90 valence electrons. The molecule has 0 saturated heterocycles. The van der Waals surface area contributed by atoms with Crippen molar-refractivity contribution in [3.05, 3.63) is 41.4 Å². The Balaban J connectivity index is 1.92. The maximum Gasteiger partial charge on any atom is 0.109 e. The van der Waals surface area contributed by atoms with Gasteiger partial charge in [-0.1, -0.05) is 11.6 Å². The second kappa shape index (κ2) is 5.47. The van der Waals surface area contributed by atoms with Crippen LogP contribution in [0.25, 0.3) is 0 Å². The van der Waals surface area contributed by atoms with Crippen LogP contribution in [0.15, 0.2) is 35.5 Å². The number of aromatic nitrogens is 2. The van der Waals surface area contributed by atoms with Crippen molar-refractivity contribution in [3.63, 3.8) is 0 Å². The minimum atomic E-state index is 0.698. The molecule has 1 heterocycles. The van der Waals surface area contributed by atoms with Crippen molar-refractivity contribution >= 4 is 29.1 Å². The Kier molecular flexibility index (Phi) is 3.97. The fraction of sp³-hybridized carbons (Fsp3) is 0.250. The van der Waals surface area contributed by atoms with E-state index in [1.165, 1.54) is 0 Å². The summed E-state index contributed by atoms with van der Waals surface area (Å²) < 4.78 is 2.03. The zero-order chi connectivity index (χ0) is 12.3. The number of thioether (sulfide) groups is 1. The number of anilines is 1. The van der Waals surface area contributed by atoms with Crippen molar-refractivity contribution in [1.29, 1.82) is 0 Å². The third kappa shape index (κ3) is 3.17. The molecular formula is C12H14ClN3S. The summed E-state index contributed by atoms with van der Waals surface area (Å²) in [5, 5.41) is 0.717. The van der Waals surface area contributed by atoms with Crippen molar-refractivity contribution in [2.24, 2.45) is 7.05 Å². The fourth-order valence-electron chi connectivity index (χ4n) is 1.52. The van der Waals surface area contributed by atoms with Crippen LogP contribution in [0.4, 0.5) is 5.69 Å². The van der Waals surface area contributed by atoms with E-state index in [-0.39, 0.29) is 0 Å². The van der Waals surface area contributed by atoms with Crippen LogP contribution >= 0.6 is 23.4 Å². The molecule has 2 N–H and O–H groups in total. The Bertz CT molecular complexity index is 510. The molecule has 0 unspecified atom stereocenters. The van der Waals surface area contributed by atoms with Gasteiger partial charge in [-0.25, -0.2) is 4.98 Å². The summed E-state index contributed by atoms with van der Waals surface area (Å²) in [5.74, 6) is 2.04. The van der Waals surface area contributed by atoms with Gasteiger partial charge in [-0.3, -0.25) is 0 Å². The van der Waals surface area contributed by atoms with Gasteiger partial charge in [0.15, 0.2) is 0 Å². The zero-order valence-electron chi connectivity index (χ0n) is 9.56. The first-order valence-electron chi connectivity index (χ1n) is 5.31. The lowest BCUT2D eigenvalue weighted by Crippen LogP contribution is -1.98. The first-order valence-corrected chi connectivity index (χ1v) is 6.67. The minimum absolute atomic E-state index is 0.698. The number of hydrogen-bond acceptors (Lipinski definition) is 3. The average Bonchev–Trinajstić information content (AvgIpc) is 2.68. The molecule has 17 heavy (non-hydrogen) atoms. The van der Waals surface area contributed by atoms with Crippen LogP contribution in [0.5, 0.6) is 0 Å². The molecule has 5 heteroatoms. The van der Waals surface area contributed by atoms with E-state index in [1.54, 1.807) is 17.8 Å². The highest BCUT2D eigenvalue weighted by Crippen LogP contribution is 2.29. The van der Waals surface area contributed by atoms with E-state index in [0.717, 1.165) is 27.9 Å². The first kappa shape index (κ1) is 12.3. The summed E-state index contributed by atoms with van der Waals surface area (Å²) in [6.07, 6.45) is 4.70. The zero-order valence-corrected chi connectivity index (χ0v) is 11.1. The van der Waals surface area contributed by atoms with E-state index in [2.05, 4.69) is 4.98 Å². The predicted molar refractivity (Wildman–Crippen MR) is 73.5 cm³/mol. The highest BCUT2D eigenvalue weighted by atomic mass is 35.5. The van der Waals surface area contributed by atoms with E-state index >= 15 is 0 Å². The van der Waals surface area contributed by atoms with Gasteiger partial charge in [0.05, 0.1) is 5.02 Å². The second-order valence-electron chi connectivity index (χ2n) is 3.74. The number of nitrogen functional groups attached to an aromatic ring is 1. The van der Waals surface area contributed by atoms with Crippen LogP contribution in [-0.2, 0) is 13.5 Å². The van der Waals surface area contributed by atoms with Gasteiger partial charge in [-0.15, -0.1) is 11.8 Å². The number of hydrogen-bond donors (Lipinski definition) is 1. The van der Waals surface area contributed by atoms with Crippen molar-refractivity contribution in [2.75, 3.05) is 11.5 Å². The average molecular weight is 268 g/mol. The molecule has 0 spiro atoms. The Morgan fingerprint density at radius 2 is 2.29 bits per heavy atom. The Hall–Kier alpha value is -1.13. The number of halogens is 1. The smallest absolute Gasteiger partial charge is 0.109 e. The molecule has 0 amide bonds. The predicted octanol–water partition coefficient (Wildman–Crippen LogP) is 2.99. The van der Waals surface area contributed by atoms with E-state index < -0.39 is 0 Å². The normalized spacial score (nSPS) is 10.7. The molecule has 2 rings (SSSR count). The van der Waals surface area contributed by atoms with E-state index in [4.69, 9.17) is 17.3 Å². The number of nitrogens with zero attached hydrogens (tertiary/aromatic N) is 2. The fourth-order valence-corrected chi connectivity index (χ4v) is 2.74. The highest BCUT2D eigenvalue weighted by molar-refractivity contribution is 7.99. The van der Waals surface area contributed by atoms with Gasteiger partial charge < -0.3 is 10.3 Å². The number of benzene rings is 1. The lowest BCUT2D eigenvalue weighted by Gasteiger charge is -2.05. The molecule has 0 radical (unpaired) electrons. The molecule has 1 aromatic heterocycles. The van der Waals surface area contributed by atoms with Gasteiger partial charge in [0.1, 0.15) is 5.82 Å². The van der Waals surface area contributed by atoms with Crippen molar-refractivity contribution in [2.45, 2.75) is 11.3 Å². The Morgan fingerprint density at radius 3 is 2.94 bits per heavy atom. The summed E-state index contributed by atoms with van der Waals surface area (Å²) in [7, 11) is 2.00. The standard InChI is InChI=1S/C12H14ClN3S/c1-16-6-5-15-12(16)4-7-17-11-3-2-9(14)8-10(11)13/h2-3,5-6,8H,4,7,14H2,1H3. The quantitative estimate of drug-likeness (QED) is 0.684. The molecule has 0 aliphatic heterocycles. The molecular weight excluding hydrogens is 254 g/mol. The van der Waals surface area contributed by atoms with E-state index in [0.29, 0.717) is 5.69 Å². The van der Waals surface area contributed by atoms with Gasteiger partial charge in [0.25, 0.3) is 0 Å². The highest BCUT2D eigenvalue weighted by Gasteiger charge is 2.03. The van der Waals surface area contributed by atoms with Crippen molar-refractivity contribution in [3.8, 4) is 0 Å². The molecule has 0 aliphatic carbocycles. The number of imidazole rings is 1. The summed E-state index contributed by atoms with van der Waals surface area (Å²) in [6, 6.07) is 5.61. The van der Waals surface area contributed by atoms with Gasteiger partial charge in [-0.2, -0.15) is 0 Å². The van der Waals surface area contributed by atoms with Crippen LogP contribution in [0.2, 0.25) is 5.02 Å². The molecule has 0 aliphatic rings. The topological polar surface area (TPSA) is 43.8 Å². The van der Waals surface area contributed by atoms with Crippen molar-refractivity contribution < 1.29 is 0 Å². The molecule has 0 saturated carbocycles. The molecule has 0 bridgehead atoms. The molecule has 2 aromatic rings. The summed E-state index contributed by atoms with van der Waals surface area (Å²) >= 11 is 7.82. The Morgan fingerprint density at radius 1 is 1.47 bits per heavy atom. The van der Waals surface area contributed by atoms with Crippen LogP contribution in [0, 0.1) is 0 Å². The first-order chi connectivity index (χ1) is 8.16. The lowest BCUT2D eigenvalue weighted by molar-refractivity contribution is 0.811. The third-order valence-corrected chi connectivity index (χ3v) is 3.96. The number of rotatable bonds is 4. The SMILES string of the molecule is Cn1ccnc1CCSc1ccc(N)cc1Cl. The van der Waals surface area contributed by atoms with Gasteiger partial charge >= 0.3 is 0 Å². The molecule has 1 aromatic carbocycles. The lowest BCUT2D eigenvalue weighted by atomic mass is 10.3. The summed E-state index contributed by atoms with van der Waals surface area (Å²) in [6.45, 7) is 0. The maximum atomic E-state index is 6.10.